The second-order valence-electron chi connectivity index (χ2n) is 39.2. The van der Waals surface area contributed by atoms with E-state index in [1.54, 1.807) is 6.07 Å². The molecule has 12 aromatic carbocycles. The summed E-state index contributed by atoms with van der Waals surface area (Å²) >= 11 is 0. The third-order valence-corrected chi connectivity index (χ3v) is 23.4. The lowest BCUT2D eigenvalue weighted by Crippen LogP contribution is -2.31. The molecule has 5 heteroatoms. The summed E-state index contributed by atoms with van der Waals surface area (Å²) in [6.07, 6.45) is 13.0. The molecule has 4 aromatic heterocycles. The van der Waals surface area contributed by atoms with E-state index in [9.17, 15) is 4.39 Å². The minimum atomic E-state index is -0.183. The van der Waals surface area contributed by atoms with Crippen LogP contribution in [0.1, 0.15) is 158 Å². The molecule has 4 nitrogen and oxygen atoms in total. The first-order chi connectivity index (χ1) is 57.4. The topological polar surface area (TPSA) is 15.5 Å². The zero-order valence-electron chi connectivity index (χ0n) is 76.4. The number of aryl methyl sites for hydroxylation is 7. The lowest BCUT2D eigenvalue weighted by molar-refractivity contribution is -0.659. The van der Waals surface area contributed by atoms with Crippen LogP contribution in [0.2, 0.25) is 0 Å². The number of benzene rings is 12. The third-order valence-electron chi connectivity index (χ3n) is 23.4. The summed E-state index contributed by atoms with van der Waals surface area (Å²) in [6, 6.07) is 98.3. The van der Waals surface area contributed by atoms with E-state index in [0.29, 0.717) is 16.9 Å². The lowest BCUT2D eigenvalue weighted by Gasteiger charge is -2.19. The first kappa shape index (κ1) is 87.0. The number of nitrogens with zero attached hydrogens (tertiary/aromatic N) is 4. The van der Waals surface area contributed by atoms with Gasteiger partial charge in [0.15, 0.2) is 24.8 Å². The molecule has 16 aromatic rings. The molecular weight excluding hydrogens is 1470 g/mol. The van der Waals surface area contributed by atoms with E-state index in [1.165, 1.54) is 160 Å². The fourth-order valence-corrected chi connectivity index (χ4v) is 17.7. The summed E-state index contributed by atoms with van der Waals surface area (Å²) in [4.78, 5) is 0. The zero-order chi connectivity index (χ0) is 86.6. The first-order valence-electron chi connectivity index (χ1n) is 43.5. The van der Waals surface area contributed by atoms with E-state index in [4.69, 9.17) is 0 Å². The fourth-order valence-electron chi connectivity index (χ4n) is 17.7. The van der Waals surface area contributed by atoms with Crippen LogP contribution in [0.3, 0.4) is 0 Å². The van der Waals surface area contributed by atoms with Crippen LogP contribution in [0.5, 0.6) is 0 Å². The minimum absolute atomic E-state index is 0.183. The first-order valence-corrected chi connectivity index (χ1v) is 43.5. The molecule has 0 unspecified atom stereocenters. The maximum Gasteiger partial charge on any atom is 0.220 e. The van der Waals surface area contributed by atoms with Gasteiger partial charge < -0.3 is 0 Å². The van der Waals surface area contributed by atoms with Gasteiger partial charge in [0.25, 0.3) is 0 Å². The molecule has 16 rings (SSSR count). The largest absolute Gasteiger partial charge is 0.220 e. The van der Waals surface area contributed by atoms with Crippen LogP contribution in [0.15, 0.2) is 298 Å². The number of rotatable bonds is 13. The standard InChI is InChI=1S/C31H36N.C29H32N.C28H29FN.C28H30N/c1-21(2)28-18-26(24-11-9-8-10-12-24)19-29(22(28)3)30-27-14-13-23(20-31(4,5)6)17-25(27)15-16-32(30)7;1-20-16-25(23-10-8-7-9-11-23)18-27(21(20)2)28-26-13-12-22(19-29(3,4)5)17-24(26)14-15-30(28)6;1-19-15-26(29)25(21-9-7-6-8-10-21)17-24(19)27-23-12-11-20(18-28(2,3)4)16-22(23)13-14-30(27)5;1-20-17-23(22-9-7-6-8-10-22)12-14-25(20)27-26-13-11-21(19-28(2,3)4)18-24(26)15-16-29(27)5/h8-19,21H,20H2,1-7H3;7-18H,19H2,1-6H3;6-17H,18H2,1-5H3;6-18H,19H2,1-5H3/q4*+1. The Morgan fingerprint density at radius 2 is 0.562 bits per heavy atom. The fraction of sp³-hybridized carbons (Fsp3) is 0.276. The van der Waals surface area contributed by atoms with Crippen LogP contribution in [-0.2, 0) is 53.9 Å². The number of fused-ring (bicyclic) bond motifs is 4. The van der Waals surface area contributed by atoms with Gasteiger partial charge >= 0.3 is 0 Å². The highest BCUT2D eigenvalue weighted by molar-refractivity contribution is 5.99. The Morgan fingerprint density at radius 1 is 0.256 bits per heavy atom. The van der Waals surface area contributed by atoms with Crippen LogP contribution in [0.25, 0.3) is 133 Å². The Balaban J connectivity index is 0.000000139. The minimum Gasteiger partial charge on any atom is -0.206 e. The highest BCUT2D eigenvalue weighted by Gasteiger charge is 2.27. The maximum absolute atomic E-state index is 14.8. The van der Waals surface area contributed by atoms with Crippen LogP contribution < -0.4 is 18.3 Å². The SMILES string of the molecule is Cc1c(-c2c3ccc(CC(C)(C)C)cc3cc[n+]2C)cc(-c2ccccc2)cc1C(C)C.Cc1cc(-c2ccccc2)cc(-c2c3ccc(CC(C)(C)C)cc3cc[n+]2C)c1C.Cc1cc(-c2ccccc2)ccc1-c1c2ccc(CC(C)(C)C)cc2cc[n+]1C.Cc1cc(F)c(-c2ccccc2)cc1-c1c2ccc(CC(C)(C)C)cc2cc[n+]1C. The van der Waals surface area contributed by atoms with Crippen molar-refractivity contribution in [3.63, 3.8) is 0 Å². The predicted molar refractivity (Wildman–Crippen MR) is 514 cm³/mol. The van der Waals surface area contributed by atoms with Gasteiger partial charge in [-0.25, -0.2) is 22.7 Å². The highest BCUT2D eigenvalue weighted by Crippen LogP contribution is 2.42. The Hall–Kier alpha value is -11.8. The van der Waals surface area contributed by atoms with Gasteiger partial charge in [0.1, 0.15) is 34.0 Å². The van der Waals surface area contributed by atoms with Crippen molar-refractivity contribution in [3.8, 4) is 89.5 Å². The van der Waals surface area contributed by atoms with Gasteiger partial charge in [-0.3, -0.25) is 0 Å². The quantitative estimate of drug-likeness (QED) is 0.102. The molecule has 0 saturated heterocycles. The molecule has 0 fully saturated rings. The van der Waals surface area contributed by atoms with E-state index >= 15 is 0 Å². The summed E-state index contributed by atoms with van der Waals surface area (Å²) in [5.41, 5.74) is 33.5. The third kappa shape index (κ3) is 21.0. The number of halogens is 1. The zero-order valence-corrected chi connectivity index (χ0v) is 76.4. The van der Waals surface area contributed by atoms with Gasteiger partial charge in [-0.2, -0.15) is 0 Å². The molecule has 0 aliphatic heterocycles. The molecule has 0 aliphatic rings. The van der Waals surface area contributed by atoms with Crippen LogP contribution in [0, 0.1) is 62.1 Å². The average Bonchev–Trinajstić information content (AvgIpc) is 0.780. The molecule has 0 atom stereocenters. The molecule has 614 valence electrons. The number of hydrogen-bond donors (Lipinski definition) is 0. The van der Waals surface area contributed by atoms with E-state index in [0.717, 1.165) is 48.1 Å². The number of aromatic nitrogens is 4. The second-order valence-corrected chi connectivity index (χ2v) is 39.2. The molecular formula is C116H127FN4+4. The summed E-state index contributed by atoms with van der Waals surface area (Å²) in [5, 5.41) is 10.3. The predicted octanol–water partition coefficient (Wildman–Crippen LogP) is 29.2. The van der Waals surface area contributed by atoms with E-state index in [-0.39, 0.29) is 22.1 Å². The van der Waals surface area contributed by atoms with Gasteiger partial charge in [-0.05, 0) is 259 Å². The van der Waals surface area contributed by atoms with Crippen molar-refractivity contribution in [2.75, 3.05) is 0 Å². The summed E-state index contributed by atoms with van der Waals surface area (Å²) in [7, 11) is 8.52. The van der Waals surface area contributed by atoms with Crippen molar-refractivity contribution in [3.05, 3.63) is 359 Å². The Morgan fingerprint density at radius 3 is 0.909 bits per heavy atom. The monoisotopic (exact) mass is 1600 g/mol. The Kier molecular flexibility index (Phi) is 26.1. The molecule has 4 heterocycles. The van der Waals surface area contributed by atoms with Crippen LogP contribution in [-0.4, -0.2) is 0 Å². The molecule has 0 amide bonds. The van der Waals surface area contributed by atoms with Gasteiger partial charge in [-0.1, -0.05) is 291 Å². The van der Waals surface area contributed by atoms with Crippen molar-refractivity contribution in [1.82, 2.24) is 0 Å². The number of hydrogen-bond acceptors (Lipinski definition) is 0. The molecule has 0 radical (unpaired) electrons. The van der Waals surface area contributed by atoms with Crippen LogP contribution in [0.4, 0.5) is 4.39 Å². The van der Waals surface area contributed by atoms with Gasteiger partial charge in [0.05, 0.1) is 38.2 Å². The Labute approximate surface area is 722 Å². The average molecular weight is 1600 g/mol. The lowest BCUT2D eigenvalue weighted by atomic mass is 9.86. The second kappa shape index (κ2) is 36.3. The van der Waals surface area contributed by atoms with Crippen LogP contribution >= 0.6 is 0 Å². The smallest absolute Gasteiger partial charge is 0.206 e. The number of pyridine rings is 4. The maximum atomic E-state index is 14.8. The van der Waals surface area contributed by atoms with Crippen molar-refractivity contribution in [2.45, 2.75) is 163 Å². The van der Waals surface area contributed by atoms with E-state index < -0.39 is 0 Å². The van der Waals surface area contributed by atoms with Gasteiger partial charge in [0, 0.05) is 35.4 Å². The summed E-state index contributed by atoms with van der Waals surface area (Å²) in [6.45, 7) is 43.0. The molecule has 0 N–H and O–H groups in total. The molecule has 0 bridgehead atoms. The molecule has 0 saturated carbocycles. The van der Waals surface area contributed by atoms with Crippen molar-refractivity contribution in [1.29, 1.82) is 0 Å². The van der Waals surface area contributed by atoms with Crippen molar-refractivity contribution < 1.29 is 22.7 Å². The highest BCUT2D eigenvalue weighted by atomic mass is 19.1. The van der Waals surface area contributed by atoms with E-state index in [1.807, 2.05) is 43.3 Å². The van der Waals surface area contributed by atoms with Crippen molar-refractivity contribution in [2.24, 2.45) is 49.9 Å². The molecule has 121 heavy (non-hydrogen) atoms. The van der Waals surface area contributed by atoms with E-state index in [2.05, 4.69) is 426 Å². The summed E-state index contributed by atoms with van der Waals surface area (Å²) in [5.74, 6) is 0.286. The van der Waals surface area contributed by atoms with Crippen molar-refractivity contribution >= 4 is 43.1 Å². The molecule has 0 aliphatic carbocycles. The Bertz CT molecular complexity index is 6420. The van der Waals surface area contributed by atoms with Gasteiger partial charge in [0.2, 0.25) is 22.8 Å². The van der Waals surface area contributed by atoms with Gasteiger partial charge in [-0.15, -0.1) is 0 Å². The molecule has 0 spiro atoms. The summed E-state index contributed by atoms with van der Waals surface area (Å²) < 4.78 is 23.8. The normalized spacial score (nSPS) is 11.8.